The zero-order valence-corrected chi connectivity index (χ0v) is 12.8. The summed E-state index contributed by atoms with van der Waals surface area (Å²) < 4.78 is 39.0. The molecule has 2 aromatic rings. The molecule has 0 spiro atoms. The minimum Gasteiger partial charge on any atom is -0.398 e. The van der Waals surface area contributed by atoms with Crippen molar-refractivity contribution in [1.82, 2.24) is 4.31 Å². The fourth-order valence-corrected chi connectivity index (χ4v) is 3.36. The Hall–Kier alpha value is -1.63. The molecule has 2 N–H and O–H groups in total. The van der Waals surface area contributed by atoms with Crippen LogP contribution in [0.2, 0.25) is 5.02 Å². The molecule has 4 nitrogen and oxygen atoms in total. The molecule has 7 heteroatoms. The summed E-state index contributed by atoms with van der Waals surface area (Å²) in [5, 5.41) is 0.290. The van der Waals surface area contributed by atoms with E-state index in [1.165, 1.54) is 49.5 Å². The Balaban J connectivity index is 2.30. The van der Waals surface area contributed by atoms with Gasteiger partial charge in [0.15, 0.2) is 0 Å². The number of benzene rings is 2. The van der Waals surface area contributed by atoms with Gasteiger partial charge < -0.3 is 5.73 Å². The first-order valence-electron chi connectivity index (χ1n) is 6.06. The van der Waals surface area contributed by atoms with Crippen molar-refractivity contribution in [3.8, 4) is 0 Å². The molecule has 0 aliphatic heterocycles. The highest BCUT2D eigenvalue weighted by molar-refractivity contribution is 7.89. The Morgan fingerprint density at radius 3 is 2.43 bits per heavy atom. The number of hydrogen-bond donors (Lipinski definition) is 1. The summed E-state index contributed by atoms with van der Waals surface area (Å²) in [4.78, 5) is -0.0420. The molecule has 0 radical (unpaired) electrons. The van der Waals surface area contributed by atoms with Crippen molar-refractivity contribution in [2.45, 2.75) is 11.4 Å². The summed E-state index contributed by atoms with van der Waals surface area (Å²) in [7, 11) is -2.34. The second kappa shape index (κ2) is 6.01. The first-order chi connectivity index (χ1) is 9.80. The maximum Gasteiger partial charge on any atom is 0.245 e. The van der Waals surface area contributed by atoms with Gasteiger partial charge in [0.2, 0.25) is 10.0 Å². The normalized spacial score (nSPS) is 11.8. The molecule has 21 heavy (non-hydrogen) atoms. The Kier molecular flexibility index (Phi) is 4.51. The molecule has 2 aromatic carbocycles. The Bertz CT molecular complexity index is 748. The number of halogens is 2. The molecule has 0 saturated carbocycles. The standard InChI is InChI=1S/C14H14ClFN2O2S/c1-18(9-10-2-5-12(16)6-3-10)21(19,20)14-8-11(15)4-7-13(14)17/h2-8H,9,17H2,1H3. The molecule has 0 fully saturated rings. The minimum atomic E-state index is -3.77. The molecule has 0 aliphatic rings. The van der Waals surface area contributed by atoms with Gasteiger partial charge in [-0.3, -0.25) is 0 Å². The van der Waals surface area contributed by atoms with Gasteiger partial charge in [0, 0.05) is 18.6 Å². The summed E-state index contributed by atoms with van der Waals surface area (Å²) in [6, 6.07) is 9.91. The lowest BCUT2D eigenvalue weighted by Crippen LogP contribution is -2.27. The molecule has 0 saturated heterocycles. The highest BCUT2D eigenvalue weighted by Gasteiger charge is 2.23. The number of nitrogens with zero attached hydrogens (tertiary/aromatic N) is 1. The van der Waals surface area contributed by atoms with Crippen LogP contribution in [0.3, 0.4) is 0 Å². The molecule has 0 aliphatic carbocycles. The van der Waals surface area contributed by atoms with E-state index in [4.69, 9.17) is 17.3 Å². The van der Waals surface area contributed by atoms with Crippen LogP contribution >= 0.6 is 11.6 Å². The van der Waals surface area contributed by atoms with E-state index < -0.39 is 10.0 Å². The summed E-state index contributed by atoms with van der Waals surface area (Å²) in [5.74, 6) is -0.372. The van der Waals surface area contributed by atoms with Crippen LogP contribution in [0.4, 0.5) is 10.1 Å². The minimum absolute atomic E-state index is 0.0420. The van der Waals surface area contributed by atoms with E-state index >= 15 is 0 Å². The van der Waals surface area contributed by atoms with Gasteiger partial charge in [-0.05, 0) is 35.9 Å². The Labute approximate surface area is 128 Å². The molecule has 0 amide bonds. The monoisotopic (exact) mass is 328 g/mol. The maximum atomic E-state index is 12.9. The number of sulfonamides is 1. The first-order valence-corrected chi connectivity index (χ1v) is 7.88. The highest BCUT2D eigenvalue weighted by Crippen LogP contribution is 2.26. The first kappa shape index (κ1) is 15.8. The maximum absolute atomic E-state index is 12.9. The zero-order chi connectivity index (χ0) is 15.6. The van der Waals surface area contributed by atoms with Crippen molar-refractivity contribution >= 4 is 27.3 Å². The van der Waals surface area contributed by atoms with Gasteiger partial charge in [0.05, 0.1) is 5.69 Å². The second-order valence-corrected chi connectivity index (χ2v) is 7.02. The van der Waals surface area contributed by atoms with Crippen molar-refractivity contribution in [2.75, 3.05) is 12.8 Å². The molecule has 2 rings (SSSR count). The lowest BCUT2D eigenvalue weighted by Gasteiger charge is -2.18. The average molecular weight is 329 g/mol. The number of nitrogens with two attached hydrogens (primary N) is 1. The van der Waals surface area contributed by atoms with E-state index in [9.17, 15) is 12.8 Å². The van der Waals surface area contributed by atoms with E-state index in [0.29, 0.717) is 5.56 Å². The topological polar surface area (TPSA) is 63.4 Å². The van der Waals surface area contributed by atoms with Gasteiger partial charge in [-0.2, -0.15) is 4.31 Å². The summed E-state index contributed by atoms with van der Waals surface area (Å²) in [5.41, 5.74) is 6.51. The number of nitrogen functional groups attached to an aromatic ring is 1. The van der Waals surface area contributed by atoms with E-state index in [1.54, 1.807) is 0 Å². The van der Waals surface area contributed by atoms with E-state index in [-0.39, 0.29) is 28.0 Å². The third-order valence-corrected chi connectivity index (χ3v) is 5.08. The molecule has 0 atom stereocenters. The third-order valence-electron chi connectivity index (χ3n) is 2.98. The van der Waals surface area contributed by atoms with Crippen LogP contribution < -0.4 is 5.73 Å². The predicted molar refractivity (Wildman–Crippen MR) is 80.9 cm³/mol. The van der Waals surface area contributed by atoms with Gasteiger partial charge in [-0.15, -0.1) is 0 Å². The third kappa shape index (κ3) is 3.53. The fourth-order valence-electron chi connectivity index (χ4n) is 1.83. The summed E-state index contributed by atoms with van der Waals surface area (Å²) in [6.45, 7) is 0.106. The average Bonchev–Trinajstić information content (AvgIpc) is 2.43. The Morgan fingerprint density at radius 1 is 1.19 bits per heavy atom. The molecule has 0 aromatic heterocycles. The number of hydrogen-bond acceptors (Lipinski definition) is 3. The van der Waals surface area contributed by atoms with Crippen LogP contribution in [0.25, 0.3) is 0 Å². The summed E-state index contributed by atoms with van der Waals surface area (Å²) in [6.07, 6.45) is 0. The van der Waals surface area contributed by atoms with Gasteiger partial charge in [0.1, 0.15) is 10.7 Å². The van der Waals surface area contributed by atoms with Crippen LogP contribution in [0, 0.1) is 5.82 Å². The van der Waals surface area contributed by atoms with Crippen LogP contribution in [-0.4, -0.2) is 19.8 Å². The van der Waals surface area contributed by atoms with Crippen LogP contribution in [-0.2, 0) is 16.6 Å². The molecule has 0 bridgehead atoms. The Morgan fingerprint density at radius 2 is 1.81 bits per heavy atom. The molecule has 112 valence electrons. The van der Waals surface area contributed by atoms with Crippen LogP contribution in [0.1, 0.15) is 5.56 Å². The predicted octanol–water partition coefficient (Wildman–Crippen LogP) is 2.88. The second-order valence-electron chi connectivity index (χ2n) is 4.57. The summed E-state index contributed by atoms with van der Waals surface area (Å²) >= 11 is 5.82. The smallest absolute Gasteiger partial charge is 0.245 e. The van der Waals surface area contributed by atoms with E-state index in [1.807, 2.05) is 0 Å². The lowest BCUT2D eigenvalue weighted by molar-refractivity contribution is 0.467. The van der Waals surface area contributed by atoms with Crippen molar-refractivity contribution < 1.29 is 12.8 Å². The largest absolute Gasteiger partial charge is 0.398 e. The number of anilines is 1. The zero-order valence-electron chi connectivity index (χ0n) is 11.3. The van der Waals surface area contributed by atoms with E-state index in [2.05, 4.69) is 0 Å². The van der Waals surface area contributed by atoms with Gasteiger partial charge in [-0.1, -0.05) is 23.7 Å². The quantitative estimate of drug-likeness (QED) is 0.878. The van der Waals surface area contributed by atoms with Crippen molar-refractivity contribution in [3.63, 3.8) is 0 Å². The molecule has 0 heterocycles. The van der Waals surface area contributed by atoms with Gasteiger partial charge in [0.25, 0.3) is 0 Å². The molecular formula is C14H14ClFN2O2S. The lowest BCUT2D eigenvalue weighted by atomic mass is 10.2. The van der Waals surface area contributed by atoms with Crippen molar-refractivity contribution in [3.05, 3.63) is 58.9 Å². The van der Waals surface area contributed by atoms with Crippen LogP contribution in [0.15, 0.2) is 47.4 Å². The molecule has 0 unspecified atom stereocenters. The van der Waals surface area contributed by atoms with E-state index in [0.717, 1.165) is 4.31 Å². The van der Waals surface area contributed by atoms with Crippen LogP contribution in [0.5, 0.6) is 0 Å². The fraction of sp³-hybridized carbons (Fsp3) is 0.143. The SMILES string of the molecule is CN(Cc1ccc(F)cc1)S(=O)(=O)c1cc(Cl)ccc1N. The van der Waals surface area contributed by atoms with Gasteiger partial charge >= 0.3 is 0 Å². The molecular weight excluding hydrogens is 315 g/mol. The van der Waals surface area contributed by atoms with Gasteiger partial charge in [-0.25, -0.2) is 12.8 Å². The highest BCUT2D eigenvalue weighted by atomic mass is 35.5. The van der Waals surface area contributed by atoms with Crippen molar-refractivity contribution in [2.24, 2.45) is 0 Å². The number of rotatable bonds is 4. The van der Waals surface area contributed by atoms with Crippen molar-refractivity contribution in [1.29, 1.82) is 0 Å².